The molecular formula is C19H25N3O. The maximum absolute atomic E-state index is 12.7. The van der Waals surface area contributed by atoms with Gasteiger partial charge >= 0.3 is 0 Å². The van der Waals surface area contributed by atoms with Crippen molar-refractivity contribution >= 4 is 5.91 Å². The number of aromatic nitrogens is 2. The van der Waals surface area contributed by atoms with E-state index in [-0.39, 0.29) is 11.3 Å². The highest BCUT2D eigenvalue weighted by molar-refractivity contribution is 5.94. The predicted molar refractivity (Wildman–Crippen MR) is 91.2 cm³/mol. The third-order valence-electron chi connectivity index (χ3n) is 4.99. The van der Waals surface area contributed by atoms with Crippen LogP contribution in [0.3, 0.4) is 0 Å². The minimum absolute atomic E-state index is 0.105. The number of amides is 1. The maximum atomic E-state index is 12.7. The zero-order valence-electron chi connectivity index (χ0n) is 14.2. The highest BCUT2D eigenvalue weighted by atomic mass is 16.2. The van der Waals surface area contributed by atoms with Gasteiger partial charge in [-0.3, -0.25) is 9.48 Å². The van der Waals surface area contributed by atoms with Crippen LogP contribution in [0.2, 0.25) is 0 Å². The zero-order valence-corrected chi connectivity index (χ0v) is 14.2. The molecule has 1 atom stereocenters. The van der Waals surface area contributed by atoms with Crippen molar-refractivity contribution in [3.05, 3.63) is 53.9 Å². The van der Waals surface area contributed by atoms with Gasteiger partial charge < -0.3 is 4.90 Å². The lowest BCUT2D eigenvalue weighted by Gasteiger charge is -2.23. The molecule has 2 aromatic rings. The second-order valence-electron chi connectivity index (χ2n) is 7.19. The Hall–Kier alpha value is -2.10. The van der Waals surface area contributed by atoms with Gasteiger partial charge in [0.15, 0.2) is 0 Å². The molecule has 0 unspecified atom stereocenters. The summed E-state index contributed by atoms with van der Waals surface area (Å²) in [6.45, 7) is 9.09. The number of rotatable bonds is 4. The van der Waals surface area contributed by atoms with Gasteiger partial charge in [-0.1, -0.05) is 57.5 Å². The summed E-state index contributed by atoms with van der Waals surface area (Å²) < 4.78 is 1.83. The van der Waals surface area contributed by atoms with Crippen LogP contribution in [0.25, 0.3) is 0 Å². The number of benzene rings is 1. The molecule has 0 spiro atoms. The van der Waals surface area contributed by atoms with E-state index < -0.39 is 0 Å². The van der Waals surface area contributed by atoms with E-state index >= 15 is 0 Å². The molecule has 1 aliphatic heterocycles. The Kier molecular flexibility index (Phi) is 4.24. The first-order valence-corrected chi connectivity index (χ1v) is 8.35. The van der Waals surface area contributed by atoms with Gasteiger partial charge in [0.2, 0.25) is 0 Å². The van der Waals surface area contributed by atoms with Gasteiger partial charge in [-0.25, -0.2) is 0 Å². The predicted octanol–water partition coefficient (Wildman–Crippen LogP) is 3.44. The van der Waals surface area contributed by atoms with Crippen LogP contribution in [0.4, 0.5) is 0 Å². The normalized spacial score (nSPS) is 20.0. The molecule has 0 bridgehead atoms. The summed E-state index contributed by atoms with van der Waals surface area (Å²) in [5.74, 6) is 0.680. The maximum Gasteiger partial charge on any atom is 0.257 e. The number of carbonyl (C=O) groups excluding carboxylic acids is 1. The summed E-state index contributed by atoms with van der Waals surface area (Å²) in [5.41, 5.74) is 2.07. The summed E-state index contributed by atoms with van der Waals surface area (Å²) >= 11 is 0. The van der Waals surface area contributed by atoms with E-state index in [0.29, 0.717) is 18.0 Å². The molecule has 1 fully saturated rings. The third kappa shape index (κ3) is 3.31. The van der Waals surface area contributed by atoms with Crippen LogP contribution in [0.1, 0.15) is 43.1 Å². The van der Waals surface area contributed by atoms with E-state index in [2.05, 4.69) is 38.0 Å². The Balaban J connectivity index is 1.70. The summed E-state index contributed by atoms with van der Waals surface area (Å²) in [5, 5.41) is 4.35. The van der Waals surface area contributed by atoms with Gasteiger partial charge in [0, 0.05) is 19.3 Å². The fourth-order valence-corrected chi connectivity index (χ4v) is 3.55. The Labute approximate surface area is 138 Å². The van der Waals surface area contributed by atoms with Gasteiger partial charge in [-0.15, -0.1) is 0 Å². The number of hydrogen-bond acceptors (Lipinski definition) is 2. The van der Waals surface area contributed by atoms with E-state index in [1.54, 1.807) is 6.20 Å². The van der Waals surface area contributed by atoms with Gasteiger partial charge in [-0.2, -0.15) is 5.10 Å². The van der Waals surface area contributed by atoms with Crippen LogP contribution in [-0.4, -0.2) is 33.7 Å². The van der Waals surface area contributed by atoms with Crippen molar-refractivity contribution in [2.75, 3.05) is 13.1 Å². The van der Waals surface area contributed by atoms with Crippen LogP contribution in [-0.2, 0) is 6.54 Å². The van der Waals surface area contributed by atoms with Crippen molar-refractivity contribution in [2.24, 2.45) is 11.3 Å². The minimum Gasteiger partial charge on any atom is -0.338 e. The Morgan fingerprint density at radius 2 is 2.04 bits per heavy atom. The molecule has 4 nitrogen and oxygen atoms in total. The molecule has 1 aromatic carbocycles. The number of hydrogen-bond donors (Lipinski definition) is 0. The van der Waals surface area contributed by atoms with Crippen molar-refractivity contribution in [2.45, 2.75) is 33.7 Å². The first-order valence-electron chi connectivity index (χ1n) is 8.35. The minimum atomic E-state index is 0.105. The molecular weight excluding hydrogens is 286 g/mol. The SMILES string of the molecule is CC[C@H]1CN(C(=O)c2cnn(Cc3ccccc3)c2)CC1(C)C. The quantitative estimate of drug-likeness (QED) is 0.867. The van der Waals surface area contributed by atoms with E-state index in [9.17, 15) is 4.79 Å². The molecule has 1 saturated heterocycles. The van der Waals surface area contributed by atoms with E-state index in [1.165, 1.54) is 5.56 Å². The van der Waals surface area contributed by atoms with E-state index in [4.69, 9.17) is 0 Å². The van der Waals surface area contributed by atoms with Gasteiger partial charge in [-0.05, 0) is 16.9 Å². The van der Waals surface area contributed by atoms with Crippen molar-refractivity contribution in [3.63, 3.8) is 0 Å². The summed E-state index contributed by atoms with van der Waals surface area (Å²) in [6.07, 6.45) is 4.67. The third-order valence-corrected chi connectivity index (χ3v) is 4.99. The molecule has 122 valence electrons. The average Bonchev–Trinajstić information content (AvgIpc) is 3.11. The average molecular weight is 311 g/mol. The zero-order chi connectivity index (χ0) is 16.4. The topological polar surface area (TPSA) is 38.1 Å². The molecule has 2 heterocycles. The molecule has 4 heteroatoms. The van der Waals surface area contributed by atoms with Crippen LogP contribution < -0.4 is 0 Å². The Morgan fingerprint density at radius 3 is 2.70 bits per heavy atom. The number of nitrogens with zero attached hydrogens (tertiary/aromatic N) is 3. The molecule has 0 radical (unpaired) electrons. The Morgan fingerprint density at radius 1 is 1.30 bits per heavy atom. The second-order valence-corrected chi connectivity index (χ2v) is 7.19. The number of likely N-dealkylation sites (tertiary alicyclic amines) is 1. The van der Waals surface area contributed by atoms with Crippen LogP contribution in [0.15, 0.2) is 42.7 Å². The Bertz CT molecular complexity index is 675. The van der Waals surface area contributed by atoms with Crippen LogP contribution in [0.5, 0.6) is 0 Å². The lowest BCUT2D eigenvalue weighted by atomic mass is 9.81. The summed E-state index contributed by atoms with van der Waals surface area (Å²) in [7, 11) is 0. The van der Waals surface area contributed by atoms with E-state index in [0.717, 1.165) is 19.5 Å². The van der Waals surface area contributed by atoms with Crippen LogP contribution >= 0.6 is 0 Å². The highest BCUT2D eigenvalue weighted by Crippen LogP contribution is 2.37. The van der Waals surface area contributed by atoms with Crippen molar-refractivity contribution in [1.82, 2.24) is 14.7 Å². The lowest BCUT2D eigenvalue weighted by molar-refractivity contribution is 0.0777. The molecule has 0 aliphatic carbocycles. The lowest BCUT2D eigenvalue weighted by Crippen LogP contribution is -2.30. The van der Waals surface area contributed by atoms with E-state index in [1.807, 2.05) is 34.0 Å². The molecule has 3 rings (SSSR count). The molecule has 0 saturated carbocycles. The van der Waals surface area contributed by atoms with Crippen molar-refractivity contribution < 1.29 is 4.79 Å². The molecule has 0 N–H and O–H groups in total. The van der Waals surface area contributed by atoms with Gasteiger partial charge in [0.05, 0.1) is 18.3 Å². The standard InChI is InChI=1S/C19H25N3O/c1-4-17-13-21(14-19(17,2)3)18(23)16-10-20-22(12-16)11-15-8-6-5-7-9-15/h5-10,12,17H,4,11,13-14H2,1-3H3/t17-/m0/s1. The monoisotopic (exact) mass is 311 g/mol. The van der Waals surface area contributed by atoms with Crippen LogP contribution in [0, 0.1) is 11.3 Å². The van der Waals surface area contributed by atoms with Gasteiger partial charge in [0.1, 0.15) is 0 Å². The van der Waals surface area contributed by atoms with Gasteiger partial charge in [0.25, 0.3) is 5.91 Å². The number of carbonyl (C=O) groups is 1. The fraction of sp³-hybridized carbons (Fsp3) is 0.474. The van der Waals surface area contributed by atoms with Crippen molar-refractivity contribution in [3.8, 4) is 0 Å². The summed E-state index contributed by atoms with van der Waals surface area (Å²) in [6, 6.07) is 10.2. The van der Waals surface area contributed by atoms with Crippen molar-refractivity contribution in [1.29, 1.82) is 0 Å². The molecule has 1 amide bonds. The first kappa shape index (κ1) is 15.8. The smallest absolute Gasteiger partial charge is 0.257 e. The molecule has 1 aromatic heterocycles. The first-order chi connectivity index (χ1) is 11.0. The highest BCUT2D eigenvalue weighted by Gasteiger charge is 2.40. The molecule has 23 heavy (non-hydrogen) atoms. The molecule has 1 aliphatic rings. The summed E-state index contributed by atoms with van der Waals surface area (Å²) in [4.78, 5) is 14.7. The largest absolute Gasteiger partial charge is 0.338 e. The fourth-order valence-electron chi connectivity index (χ4n) is 3.55. The second kappa shape index (κ2) is 6.19.